The van der Waals surface area contributed by atoms with E-state index in [2.05, 4.69) is 12.1 Å². The summed E-state index contributed by atoms with van der Waals surface area (Å²) >= 11 is 7.84. The molecule has 0 aliphatic rings. The van der Waals surface area contributed by atoms with E-state index in [-0.39, 0.29) is 0 Å². The van der Waals surface area contributed by atoms with Gasteiger partial charge in [-0.15, -0.1) is 11.3 Å². The Balaban J connectivity index is 1.81. The molecule has 3 heteroatoms. The van der Waals surface area contributed by atoms with Crippen LogP contribution in [0.3, 0.4) is 0 Å². The summed E-state index contributed by atoms with van der Waals surface area (Å²) in [6.45, 7) is 0.583. The Hall–Kier alpha value is -1.51. The van der Waals surface area contributed by atoms with Crippen LogP contribution in [0.2, 0.25) is 5.02 Å². The molecule has 0 amide bonds. The van der Waals surface area contributed by atoms with Gasteiger partial charge in [0, 0.05) is 4.88 Å². The van der Waals surface area contributed by atoms with E-state index in [1.54, 1.807) is 11.3 Å². The molecule has 0 unspecified atom stereocenters. The van der Waals surface area contributed by atoms with Crippen LogP contribution >= 0.6 is 22.9 Å². The number of halogens is 1. The van der Waals surface area contributed by atoms with Gasteiger partial charge in [-0.05, 0) is 29.7 Å². The summed E-state index contributed by atoms with van der Waals surface area (Å²) in [4.78, 5) is 1.18. The highest BCUT2D eigenvalue weighted by Crippen LogP contribution is 2.32. The highest BCUT2D eigenvalue weighted by molar-refractivity contribution is 7.19. The number of thiophene rings is 1. The lowest BCUT2D eigenvalue weighted by molar-refractivity contribution is 0.310. The van der Waals surface area contributed by atoms with Gasteiger partial charge in [-0.1, -0.05) is 41.9 Å². The predicted octanol–water partition coefficient (Wildman–Crippen LogP) is 5.13. The van der Waals surface area contributed by atoms with Gasteiger partial charge in [0.25, 0.3) is 0 Å². The lowest BCUT2D eigenvalue weighted by atomic mass is 10.2. The maximum absolute atomic E-state index is 6.16. The Bertz CT molecular complexity index is 661. The molecule has 0 bridgehead atoms. The molecule has 0 fully saturated rings. The highest BCUT2D eigenvalue weighted by atomic mass is 35.5. The molecule has 1 heterocycles. The number of ether oxygens (including phenoxy) is 1. The minimum Gasteiger partial charge on any atom is -0.488 e. The van der Waals surface area contributed by atoms with E-state index in [1.165, 1.54) is 10.3 Å². The zero-order chi connectivity index (χ0) is 12.4. The fourth-order valence-corrected chi connectivity index (χ4v) is 3.10. The second-order valence-corrected chi connectivity index (χ2v) is 5.52. The summed E-state index contributed by atoms with van der Waals surface area (Å²) in [6, 6.07) is 17.9. The molecule has 3 rings (SSSR count). The molecule has 0 atom stereocenters. The van der Waals surface area contributed by atoms with E-state index >= 15 is 0 Å². The van der Waals surface area contributed by atoms with Crippen LogP contribution in [-0.2, 0) is 6.61 Å². The SMILES string of the molecule is Clc1cccc2cc(COc3ccccc3)sc12. The van der Waals surface area contributed by atoms with Crippen LogP contribution < -0.4 is 4.74 Å². The topological polar surface area (TPSA) is 9.23 Å². The standard InChI is InChI=1S/C15H11ClOS/c16-14-8-4-5-11-9-13(18-15(11)14)10-17-12-6-2-1-3-7-12/h1-9H,10H2. The second-order valence-electron chi connectivity index (χ2n) is 3.97. The van der Waals surface area contributed by atoms with Gasteiger partial charge >= 0.3 is 0 Å². The van der Waals surface area contributed by atoms with Gasteiger partial charge in [0.1, 0.15) is 12.4 Å². The number of fused-ring (bicyclic) bond motifs is 1. The maximum atomic E-state index is 6.16. The summed E-state index contributed by atoms with van der Waals surface area (Å²) < 4.78 is 6.86. The molecule has 0 N–H and O–H groups in total. The first-order chi connectivity index (χ1) is 8.83. The van der Waals surface area contributed by atoms with Crippen molar-refractivity contribution in [2.75, 3.05) is 0 Å². The Kier molecular flexibility index (Phi) is 3.22. The van der Waals surface area contributed by atoms with Gasteiger partial charge in [0.2, 0.25) is 0 Å². The summed E-state index contributed by atoms with van der Waals surface area (Å²) in [5.74, 6) is 0.890. The van der Waals surface area contributed by atoms with Crippen molar-refractivity contribution in [1.82, 2.24) is 0 Å². The van der Waals surface area contributed by atoms with Crippen LogP contribution in [0, 0.1) is 0 Å². The fourth-order valence-electron chi connectivity index (χ4n) is 1.82. The van der Waals surface area contributed by atoms with Crippen molar-refractivity contribution in [3.63, 3.8) is 0 Å². The van der Waals surface area contributed by atoms with Crippen molar-refractivity contribution in [2.45, 2.75) is 6.61 Å². The van der Waals surface area contributed by atoms with Crippen molar-refractivity contribution >= 4 is 33.0 Å². The molecular formula is C15H11ClOS. The Labute approximate surface area is 115 Å². The molecule has 0 aliphatic carbocycles. The zero-order valence-corrected chi connectivity index (χ0v) is 11.2. The molecular weight excluding hydrogens is 264 g/mol. The molecule has 1 nitrogen and oxygen atoms in total. The highest BCUT2D eigenvalue weighted by Gasteiger charge is 2.05. The first kappa shape index (κ1) is 11.6. The zero-order valence-electron chi connectivity index (χ0n) is 9.60. The maximum Gasteiger partial charge on any atom is 0.122 e. The first-order valence-corrected chi connectivity index (χ1v) is 6.87. The fraction of sp³-hybridized carbons (Fsp3) is 0.0667. The van der Waals surface area contributed by atoms with Crippen molar-refractivity contribution in [3.05, 3.63) is 64.5 Å². The van der Waals surface area contributed by atoms with Crippen LogP contribution in [-0.4, -0.2) is 0 Å². The second kappa shape index (κ2) is 5.01. The molecule has 0 radical (unpaired) electrons. The van der Waals surface area contributed by atoms with Gasteiger partial charge in [-0.25, -0.2) is 0 Å². The Morgan fingerprint density at radius 1 is 1.00 bits per heavy atom. The number of rotatable bonds is 3. The summed E-state index contributed by atoms with van der Waals surface area (Å²) in [5, 5.41) is 1.99. The molecule has 0 saturated carbocycles. The first-order valence-electron chi connectivity index (χ1n) is 5.68. The average molecular weight is 275 g/mol. The number of hydrogen-bond donors (Lipinski definition) is 0. The molecule has 0 spiro atoms. The number of benzene rings is 2. The lowest BCUT2D eigenvalue weighted by Gasteiger charge is -2.02. The normalized spacial score (nSPS) is 10.7. The van der Waals surface area contributed by atoms with Gasteiger partial charge in [0.05, 0.1) is 9.72 Å². The molecule has 3 aromatic rings. The molecule has 0 aliphatic heterocycles. The molecule has 90 valence electrons. The third-order valence-corrected chi connectivity index (χ3v) is 4.26. The average Bonchev–Trinajstić information content (AvgIpc) is 2.82. The van der Waals surface area contributed by atoms with Crippen LogP contribution in [0.4, 0.5) is 0 Å². The van der Waals surface area contributed by atoms with Crippen molar-refractivity contribution in [3.8, 4) is 5.75 Å². The molecule has 2 aromatic carbocycles. The minimum absolute atomic E-state index is 0.583. The van der Waals surface area contributed by atoms with Crippen LogP contribution in [0.15, 0.2) is 54.6 Å². The summed E-state index contributed by atoms with van der Waals surface area (Å²) in [5.41, 5.74) is 0. The Morgan fingerprint density at radius 3 is 2.61 bits per heavy atom. The smallest absolute Gasteiger partial charge is 0.122 e. The Morgan fingerprint density at radius 2 is 1.83 bits per heavy atom. The van der Waals surface area contributed by atoms with E-state index < -0.39 is 0 Å². The largest absolute Gasteiger partial charge is 0.488 e. The van der Waals surface area contributed by atoms with Crippen molar-refractivity contribution < 1.29 is 4.74 Å². The van der Waals surface area contributed by atoms with Crippen LogP contribution in [0.1, 0.15) is 4.88 Å². The van der Waals surface area contributed by atoms with Gasteiger partial charge in [-0.3, -0.25) is 0 Å². The summed E-state index contributed by atoms with van der Waals surface area (Å²) in [7, 11) is 0. The molecule has 1 aromatic heterocycles. The third kappa shape index (κ3) is 2.35. The van der Waals surface area contributed by atoms with E-state index in [0.29, 0.717) is 6.61 Å². The minimum atomic E-state index is 0.583. The van der Waals surface area contributed by atoms with Crippen molar-refractivity contribution in [2.24, 2.45) is 0 Å². The lowest BCUT2D eigenvalue weighted by Crippen LogP contribution is -1.91. The van der Waals surface area contributed by atoms with E-state index in [9.17, 15) is 0 Å². The quantitative estimate of drug-likeness (QED) is 0.643. The molecule has 0 saturated heterocycles. The number of para-hydroxylation sites is 1. The van der Waals surface area contributed by atoms with E-state index in [1.807, 2.05) is 42.5 Å². The summed E-state index contributed by atoms with van der Waals surface area (Å²) in [6.07, 6.45) is 0. The predicted molar refractivity (Wildman–Crippen MR) is 77.6 cm³/mol. The van der Waals surface area contributed by atoms with Crippen LogP contribution in [0.5, 0.6) is 5.75 Å². The monoisotopic (exact) mass is 274 g/mol. The van der Waals surface area contributed by atoms with E-state index in [4.69, 9.17) is 16.3 Å². The third-order valence-electron chi connectivity index (χ3n) is 2.67. The van der Waals surface area contributed by atoms with Gasteiger partial charge in [-0.2, -0.15) is 0 Å². The van der Waals surface area contributed by atoms with Crippen LogP contribution in [0.25, 0.3) is 10.1 Å². The molecule has 18 heavy (non-hydrogen) atoms. The van der Waals surface area contributed by atoms with Gasteiger partial charge in [0.15, 0.2) is 0 Å². The van der Waals surface area contributed by atoms with Gasteiger partial charge < -0.3 is 4.74 Å². The van der Waals surface area contributed by atoms with E-state index in [0.717, 1.165) is 15.5 Å². The number of hydrogen-bond acceptors (Lipinski definition) is 2. The van der Waals surface area contributed by atoms with Crippen molar-refractivity contribution in [1.29, 1.82) is 0 Å².